The van der Waals surface area contributed by atoms with Gasteiger partial charge in [0.1, 0.15) is 0 Å². The molecule has 0 radical (unpaired) electrons. The minimum Gasteiger partial charge on any atom is -0.478 e. The Labute approximate surface area is 136 Å². The van der Waals surface area contributed by atoms with E-state index in [0.717, 1.165) is 12.0 Å². The molecule has 120 valence electrons. The van der Waals surface area contributed by atoms with E-state index in [4.69, 9.17) is 0 Å². The highest BCUT2D eigenvalue weighted by atomic mass is 16.4. The van der Waals surface area contributed by atoms with E-state index in [1.54, 1.807) is 43.3 Å². The number of anilines is 1. The molecule has 0 spiro atoms. The molecule has 2 aromatic carbocycles. The fourth-order valence-electron chi connectivity index (χ4n) is 2.56. The molecule has 4 heteroatoms. The molecule has 0 heterocycles. The van der Waals surface area contributed by atoms with E-state index < -0.39 is 5.97 Å². The molecule has 2 aromatic rings. The van der Waals surface area contributed by atoms with E-state index in [-0.39, 0.29) is 11.5 Å². The lowest BCUT2D eigenvalue weighted by atomic mass is 9.95. The summed E-state index contributed by atoms with van der Waals surface area (Å²) in [5, 5.41) is 12.2. The first-order valence-electron chi connectivity index (χ1n) is 7.62. The number of amides is 1. The van der Waals surface area contributed by atoms with Gasteiger partial charge in [0.25, 0.3) is 5.91 Å². The fraction of sp³-hybridized carbons (Fsp3) is 0.263. The van der Waals surface area contributed by atoms with Crippen LogP contribution in [-0.2, 0) is 6.42 Å². The number of carboxylic acids is 1. The fourth-order valence-corrected chi connectivity index (χ4v) is 2.56. The molecule has 0 saturated carbocycles. The standard InChI is InChI=1S/C19H21NO3/c1-12(2)11-15-9-10-16(19(22)23)13(3)17(15)20-18(21)14-7-5-4-6-8-14/h4-10,12H,11H2,1-3H3,(H,20,21)(H,22,23). The van der Waals surface area contributed by atoms with Gasteiger partial charge in [-0.05, 0) is 48.6 Å². The smallest absolute Gasteiger partial charge is 0.336 e. The van der Waals surface area contributed by atoms with Crippen LogP contribution in [-0.4, -0.2) is 17.0 Å². The summed E-state index contributed by atoms with van der Waals surface area (Å²) >= 11 is 0. The van der Waals surface area contributed by atoms with Crippen LogP contribution in [0.4, 0.5) is 5.69 Å². The molecule has 4 nitrogen and oxygen atoms in total. The summed E-state index contributed by atoms with van der Waals surface area (Å²) in [7, 11) is 0. The Balaban J connectivity index is 2.43. The highest BCUT2D eigenvalue weighted by Crippen LogP contribution is 2.27. The van der Waals surface area contributed by atoms with Crippen molar-refractivity contribution in [3.63, 3.8) is 0 Å². The van der Waals surface area contributed by atoms with Crippen LogP contribution in [0.3, 0.4) is 0 Å². The third kappa shape index (κ3) is 3.97. The summed E-state index contributed by atoms with van der Waals surface area (Å²) in [6.45, 7) is 5.90. The summed E-state index contributed by atoms with van der Waals surface area (Å²) in [5.41, 5.74) is 2.89. The second kappa shape index (κ2) is 7.09. The summed E-state index contributed by atoms with van der Waals surface area (Å²) in [6.07, 6.45) is 0.769. The molecule has 23 heavy (non-hydrogen) atoms. The van der Waals surface area contributed by atoms with Gasteiger partial charge in [-0.2, -0.15) is 0 Å². The first-order valence-corrected chi connectivity index (χ1v) is 7.62. The molecule has 0 saturated heterocycles. The van der Waals surface area contributed by atoms with E-state index >= 15 is 0 Å². The Bertz CT molecular complexity index is 721. The van der Waals surface area contributed by atoms with Crippen molar-refractivity contribution >= 4 is 17.6 Å². The minimum absolute atomic E-state index is 0.209. The highest BCUT2D eigenvalue weighted by molar-refractivity contribution is 6.06. The molecule has 1 amide bonds. The van der Waals surface area contributed by atoms with Crippen molar-refractivity contribution in [1.82, 2.24) is 0 Å². The number of hydrogen-bond acceptors (Lipinski definition) is 2. The van der Waals surface area contributed by atoms with Gasteiger partial charge in [0, 0.05) is 11.3 Å². The van der Waals surface area contributed by atoms with Crippen LogP contribution in [0.5, 0.6) is 0 Å². The van der Waals surface area contributed by atoms with E-state index in [9.17, 15) is 14.7 Å². The van der Waals surface area contributed by atoms with Gasteiger partial charge < -0.3 is 10.4 Å². The Morgan fingerprint density at radius 2 is 1.74 bits per heavy atom. The predicted molar refractivity (Wildman–Crippen MR) is 91.1 cm³/mol. The maximum Gasteiger partial charge on any atom is 0.336 e. The van der Waals surface area contributed by atoms with Crippen LogP contribution >= 0.6 is 0 Å². The largest absolute Gasteiger partial charge is 0.478 e. The molecule has 2 N–H and O–H groups in total. The monoisotopic (exact) mass is 311 g/mol. The SMILES string of the molecule is Cc1c(C(=O)O)ccc(CC(C)C)c1NC(=O)c1ccccc1. The zero-order valence-corrected chi connectivity index (χ0v) is 13.6. The average Bonchev–Trinajstić information content (AvgIpc) is 2.50. The van der Waals surface area contributed by atoms with Crippen molar-refractivity contribution in [2.24, 2.45) is 5.92 Å². The lowest BCUT2D eigenvalue weighted by molar-refractivity contribution is 0.0695. The van der Waals surface area contributed by atoms with E-state index in [1.165, 1.54) is 0 Å². The molecule has 0 fully saturated rings. The second-order valence-electron chi connectivity index (χ2n) is 6.00. The van der Waals surface area contributed by atoms with Gasteiger partial charge in [0.15, 0.2) is 0 Å². The molecule has 0 atom stereocenters. The molecular formula is C19H21NO3. The maximum absolute atomic E-state index is 12.4. The number of hydrogen-bond donors (Lipinski definition) is 2. The zero-order valence-electron chi connectivity index (χ0n) is 13.6. The maximum atomic E-state index is 12.4. The average molecular weight is 311 g/mol. The lowest BCUT2D eigenvalue weighted by Crippen LogP contribution is -2.16. The number of nitrogens with one attached hydrogen (secondary N) is 1. The van der Waals surface area contributed by atoms with Crippen LogP contribution in [0.25, 0.3) is 0 Å². The number of carbonyl (C=O) groups excluding carboxylic acids is 1. The van der Waals surface area contributed by atoms with Gasteiger partial charge in [-0.3, -0.25) is 4.79 Å². The highest BCUT2D eigenvalue weighted by Gasteiger charge is 2.17. The van der Waals surface area contributed by atoms with E-state index in [2.05, 4.69) is 19.2 Å². The number of carbonyl (C=O) groups is 2. The first kappa shape index (κ1) is 16.7. The number of aromatic carboxylic acids is 1. The van der Waals surface area contributed by atoms with Gasteiger partial charge in [-0.25, -0.2) is 4.79 Å². The zero-order chi connectivity index (χ0) is 17.0. The lowest BCUT2D eigenvalue weighted by Gasteiger charge is -2.17. The van der Waals surface area contributed by atoms with Crippen LogP contribution in [0.15, 0.2) is 42.5 Å². The Morgan fingerprint density at radius 1 is 1.09 bits per heavy atom. The van der Waals surface area contributed by atoms with Crippen molar-refractivity contribution in [2.75, 3.05) is 5.32 Å². The Hall–Kier alpha value is -2.62. The number of benzene rings is 2. The van der Waals surface area contributed by atoms with Crippen LogP contribution in [0, 0.1) is 12.8 Å². The summed E-state index contributed by atoms with van der Waals surface area (Å²) in [6, 6.07) is 12.3. The second-order valence-corrected chi connectivity index (χ2v) is 6.00. The summed E-state index contributed by atoms with van der Waals surface area (Å²) in [4.78, 5) is 23.8. The molecule has 0 unspecified atom stereocenters. The molecular weight excluding hydrogens is 290 g/mol. The third-order valence-corrected chi connectivity index (χ3v) is 3.68. The molecule has 0 aliphatic rings. The van der Waals surface area contributed by atoms with Gasteiger partial charge in [0.2, 0.25) is 0 Å². The van der Waals surface area contributed by atoms with E-state index in [0.29, 0.717) is 22.7 Å². The minimum atomic E-state index is -0.992. The van der Waals surface area contributed by atoms with Crippen molar-refractivity contribution < 1.29 is 14.7 Å². The molecule has 0 aromatic heterocycles. The number of rotatable bonds is 5. The van der Waals surface area contributed by atoms with Crippen LogP contribution < -0.4 is 5.32 Å². The van der Waals surface area contributed by atoms with E-state index in [1.807, 2.05) is 6.07 Å². The van der Waals surface area contributed by atoms with Gasteiger partial charge in [0.05, 0.1) is 5.56 Å². The molecule has 0 aliphatic heterocycles. The molecule has 0 bridgehead atoms. The molecule has 2 rings (SSSR count). The first-order chi connectivity index (χ1) is 10.9. The summed E-state index contributed by atoms with van der Waals surface area (Å²) < 4.78 is 0. The van der Waals surface area contributed by atoms with Crippen molar-refractivity contribution in [3.8, 4) is 0 Å². The van der Waals surface area contributed by atoms with Crippen LogP contribution in [0.1, 0.15) is 45.7 Å². The quantitative estimate of drug-likeness (QED) is 0.872. The van der Waals surface area contributed by atoms with Crippen molar-refractivity contribution in [1.29, 1.82) is 0 Å². The molecule has 0 aliphatic carbocycles. The predicted octanol–water partition coefficient (Wildman–Crippen LogP) is 4.14. The Morgan fingerprint density at radius 3 is 2.30 bits per heavy atom. The topological polar surface area (TPSA) is 66.4 Å². The normalized spacial score (nSPS) is 10.6. The van der Waals surface area contributed by atoms with Gasteiger partial charge in [-0.15, -0.1) is 0 Å². The Kier molecular flexibility index (Phi) is 5.16. The van der Waals surface area contributed by atoms with Gasteiger partial charge >= 0.3 is 5.97 Å². The third-order valence-electron chi connectivity index (χ3n) is 3.68. The summed E-state index contributed by atoms with van der Waals surface area (Å²) in [5.74, 6) is -0.826. The van der Waals surface area contributed by atoms with Gasteiger partial charge in [-0.1, -0.05) is 38.1 Å². The van der Waals surface area contributed by atoms with Crippen LogP contribution in [0.2, 0.25) is 0 Å². The number of carboxylic acid groups (broad SMARTS) is 1. The van der Waals surface area contributed by atoms with Crippen molar-refractivity contribution in [3.05, 3.63) is 64.7 Å². The van der Waals surface area contributed by atoms with Crippen molar-refractivity contribution in [2.45, 2.75) is 27.2 Å².